The molecule has 0 bridgehead atoms. The number of carbonyl (C=O) groups is 1. The highest BCUT2D eigenvalue weighted by Gasteiger charge is 2.27. The molecule has 3 aromatic rings. The van der Waals surface area contributed by atoms with Crippen LogP contribution in [0.25, 0.3) is 11.0 Å². The fourth-order valence-corrected chi connectivity index (χ4v) is 5.00. The number of fused-ring (bicyclic) bond motifs is 1. The van der Waals surface area contributed by atoms with Gasteiger partial charge in [-0.2, -0.15) is 0 Å². The molecule has 1 amide bonds. The van der Waals surface area contributed by atoms with Gasteiger partial charge in [0.1, 0.15) is 0 Å². The number of likely N-dealkylation sites (tertiary alicyclic amines) is 1. The molecule has 4 rings (SSSR count). The summed E-state index contributed by atoms with van der Waals surface area (Å²) >= 11 is 0. The Morgan fingerprint density at radius 3 is 2.41 bits per heavy atom. The Hall–Kier alpha value is -2.82. The van der Waals surface area contributed by atoms with Crippen molar-refractivity contribution in [1.82, 2.24) is 14.5 Å². The molecule has 0 unspecified atom stereocenters. The van der Waals surface area contributed by atoms with Crippen LogP contribution in [0.3, 0.4) is 0 Å². The van der Waals surface area contributed by atoms with Crippen LogP contribution in [-0.2, 0) is 6.42 Å². The SMILES string of the molecule is CCCCCCNc1nc2ccccc2n1C1CCN(C(=O)c2ccc(CCCC)cc2)CC1. The Bertz CT molecular complexity index is 1050. The van der Waals surface area contributed by atoms with Crippen LogP contribution in [0.2, 0.25) is 0 Å². The number of aryl methyl sites for hydroxylation is 1. The van der Waals surface area contributed by atoms with Gasteiger partial charge in [-0.05, 0) is 61.9 Å². The number of amides is 1. The normalized spacial score (nSPS) is 14.6. The van der Waals surface area contributed by atoms with Crippen molar-refractivity contribution in [2.24, 2.45) is 0 Å². The van der Waals surface area contributed by atoms with E-state index in [4.69, 9.17) is 4.98 Å². The molecule has 1 aromatic heterocycles. The second-order valence-electron chi connectivity index (χ2n) is 9.61. The van der Waals surface area contributed by atoms with Gasteiger partial charge in [-0.1, -0.05) is 63.8 Å². The minimum absolute atomic E-state index is 0.158. The molecule has 1 saturated heterocycles. The van der Waals surface area contributed by atoms with Gasteiger partial charge in [0, 0.05) is 31.2 Å². The third-order valence-corrected chi connectivity index (χ3v) is 7.05. The molecule has 0 aliphatic carbocycles. The molecular formula is C29H40N4O. The van der Waals surface area contributed by atoms with Crippen LogP contribution in [0.5, 0.6) is 0 Å². The number of carbonyl (C=O) groups excluding carboxylic acids is 1. The zero-order valence-electron chi connectivity index (χ0n) is 20.9. The van der Waals surface area contributed by atoms with Crippen molar-refractivity contribution in [2.45, 2.75) is 77.7 Å². The molecular weight excluding hydrogens is 420 g/mol. The number of hydrogen-bond acceptors (Lipinski definition) is 3. The average molecular weight is 461 g/mol. The molecule has 1 N–H and O–H groups in total. The van der Waals surface area contributed by atoms with Gasteiger partial charge in [-0.25, -0.2) is 4.98 Å². The predicted octanol–water partition coefficient (Wildman–Crippen LogP) is 6.85. The smallest absolute Gasteiger partial charge is 0.253 e. The number of nitrogens with zero attached hydrogens (tertiary/aromatic N) is 3. The number of nitrogens with one attached hydrogen (secondary N) is 1. The van der Waals surface area contributed by atoms with Crippen molar-refractivity contribution >= 4 is 22.9 Å². The Morgan fingerprint density at radius 2 is 1.68 bits per heavy atom. The molecule has 182 valence electrons. The lowest BCUT2D eigenvalue weighted by Crippen LogP contribution is -2.39. The maximum absolute atomic E-state index is 13.1. The predicted molar refractivity (Wildman–Crippen MR) is 142 cm³/mol. The first kappa shape index (κ1) is 24.3. The van der Waals surface area contributed by atoms with Gasteiger partial charge in [-0.15, -0.1) is 0 Å². The Labute approximate surface area is 204 Å². The quantitative estimate of drug-likeness (QED) is 0.318. The summed E-state index contributed by atoms with van der Waals surface area (Å²) in [5.41, 5.74) is 4.35. The van der Waals surface area contributed by atoms with Crippen molar-refractivity contribution in [3.8, 4) is 0 Å². The fourth-order valence-electron chi connectivity index (χ4n) is 5.00. The van der Waals surface area contributed by atoms with Crippen LogP contribution in [0.15, 0.2) is 48.5 Å². The second kappa shape index (κ2) is 12.0. The second-order valence-corrected chi connectivity index (χ2v) is 9.61. The lowest BCUT2D eigenvalue weighted by atomic mass is 10.0. The van der Waals surface area contributed by atoms with Gasteiger partial charge in [0.05, 0.1) is 11.0 Å². The van der Waals surface area contributed by atoms with Crippen LogP contribution < -0.4 is 5.32 Å². The van der Waals surface area contributed by atoms with Crippen molar-refractivity contribution in [3.63, 3.8) is 0 Å². The molecule has 0 saturated carbocycles. The molecule has 5 heteroatoms. The number of aromatic nitrogens is 2. The minimum atomic E-state index is 0.158. The summed E-state index contributed by atoms with van der Waals surface area (Å²) < 4.78 is 2.39. The van der Waals surface area contributed by atoms with Crippen molar-refractivity contribution < 1.29 is 4.79 Å². The molecule has 2 heterocycles. The molecule has 1 aliphatic rings. The molecule has 34 heavy (non-hydrogen) atoms. The van der Waals surface area contributed by atoms with E-state index < -0.39 is 0 Å². The summed E-state index contributed by atoms with van der Waals surface area (Å²) in [4.78, 5) is 20.1. The van der Waals surface area contributed by atoms with Crippen LogP contribution in [0.1, 0.15) is 87.2 Å². The van der Waals surface area contributed by atoms with E-state index in [9.17, 15) is 4.79 Å². The van der Waals surface area contributed by atoms with Crippen LogP contribution >= 0.6 is 0 Å². The average Bonchev–Trinajstić information content (AvgIpc) is 3.25. The number of para-hydroxylation sites is 2. The summed E-state index contributed by atoms with van der Waals surface area (Å²) in [6.07, 6.45) is 10.3. The van der Waals surface area contributed by atoms with E-state index in [0.717, 1.165) is 55.9 Å². The molecule has 5 nitrogen and oxygen atoms in total. The fraction of sp³-hybridized carbons (Fsp3) is 0.517. The lowest BCUT2D eigenvalue weighted by molar-refractivity contribution is 0.0696. The topological polar surface area (TPSA) is 50.2 Å². The summed E-state index contributed by atoms with van der Waals surface area (Å²) in [6, 6.07) is 17.0. The van der Waals surface area contributed by atoms with Crippen LogP contribution in [0, 0.1) is 0 Å². The van der Waals surface area contributed by atoms with Crippen molar-refractivity contribution in [1.29, 1.82) is 0 Å². The van der Waals surface area contributed by atoms with E-state index in [0.29, 0.717) is 6.04 Å². The zero-order valence-corrected chi connectivity index (χ0v) is 20.9. The van der Waals surface area contributed by atoms with E-state index in [1.54, 1.807) is 0 Å². The highest BCUT2D eigenvalue weighted by Crippen LogP contribution is 2.31. The number of hydrogen-bond donors (Lipinski definition) is 1. The molecule has 2 aromatic carbocycles. The number of unbranched alkanes of at least 4 members (excludes halogenated alkanes) is 4. The van der Waals surface area contributed by atoms with Gasteiger partial charge in [0.15, 0.2) is 0 Å². The first-order valence-corrected chi connectivity index (χ1v) is 13.3. The third-order valence-electron chi connectivity index (χ3n) is 7.05. The van der Waals surface area contributed by atoms with Gasteiger partial charge >= 0.3 is 0 Å². The van der Waals surface area contributed by atoms with E-state index in [2.05, 4.69) is 60.1 Å². The van der Waals surface area contributed by atoms with Crippen molar-refractivity contribution in [3.05, 3.63) is 59.7 Å². The molecule has 0 atom stereocenters. The number of anilines is 1. The van der Waals surface area contributed by atoms with E-state index in [1.165, 1.54) is 49.6 Å². The summed E-state index contributed by atoms with van der Waals surface area (Å²) in [5.74, 6) is 1.13. The van der Waals surface area contributed by atoms with Gasteiger partial charge < -0.3 is 14.8 Å². The highest BCUT2D eigenvalue weighted by molar-refractivity contribution is 5.94. The first-order valence-electron chi connectivity index (χ1n) is 13.3. The molecule has 1 fully saturated rings. The van der Waals surface area contributed by atoms with E-state index in [-0.39, 0.29) is 5.91 Å². The first-order chi connectivity index (χ1) is 16.7. The van der Waals surface area contributed by atoms with Gasteiger partial charge in [0.2, 0.25) is 5.95 Å². The van der Waals surface area contributed by atoms with Crippen LogP contribution in [-0.4, -0.2) is 40.0 Å². The Morgan fingerprint density at radius 1 is 0.941 bits per heavy atom. The third kappa shape index (κ3) is 5.81. The minimum Gasteiger partial charge on any atom is -0.356 e. The van der Waals surface area contributed by atoms with Gasteiger partial charge in [-0.3, -0.25) is 4.79 Å². The van der Waals surface area contributed by atoms with Gasteiger partial charge in [0.25, 0.3) is 5.91 Å². The Balaban J connectivity index is 1.40. The molecule has 1 aliphatic heterocycles. The monoisotopic (exact) mass is 460 g/mol. The van der Waals surface area contributed by atoms with Crippen molar-refractivity contribution in [2.75, 3.05) is 25.0 Å². The summed E-state index contributed by atoms with van der Waals surface area (Å²) in [6.45, 7) is 6.97. The summed E-state index contributed by atoms with van der Waals surface area (Å²) in [5, 5.41) is 3.61. The zero-order chi connectivity index (χ0) is 23.8. The standard InChI is InChI=1S/C29H40N4O/c1-3-5-7-10-20-30-29-31-26-12-8-9-13-27(26)33(29)25-18-21-32(22-19-25)28(34)24-16-14-23(15-17-24)11-6-4-2/h8-9,12-17,25H,3-7,10-11,18-22H2,1-2H3,(H,30,31). The maximum Gasteiger partial charge on any atom is 0.253 e. The number of imidazole rings is 1. The molecule has 0 spiro atoms. The largest absolute Gasteiger partial charge is 0.356 e. The lowest BCUT2D eigenvalue weighted by Gasteiger charge is -2.33. The van der Waals surface area contributed by atoms with E-state index in [1.807, 2.05) is 17.0 Å². The number of benzene rings is 2. The van der Waals surface area contributed by atoms with Crippen LogP contribution in [0.4, 0.5) is 5.95 Å². The Kier molecular flexibility index (Phi) is 8.62. The maximum atomic E-state index is 13.1. The number of rotatable bonds is 11. The number of piperidine rings is 1. The summed E-state index contributed by atoms with van der Waals surface area (Å²) in [7, 11) is 0. The highest BCUT2D eigenvalue weighted by atomic mass is 16.2. The van der Waals surface area contributed by atoms with E-state index >= 15 is 0 Å². The molecule has 0 radical (unpaired) electrons.